The topological polar surface area (TPSA) is 58.2 Å². The normalized spacial score (nSPS) is 14.1. The second kappa shape index (κ2) is 4.44. The smallest absolute Gasteiger partial charge is 0.251 e. The first-order valence-corrected chi connectivity index (χ1v) is 6.16. The van der Waals surface area contributed by atoms with Crippen LogP contribution in [0, 0.1) is 0 Å². The maximum Gasteiger partial charge on any atom is 0.251 e. The van der Waals surface area contributed by atoms with Crippen LogP contribution in [0.5, 0.6) is 0 Å². The Balaban J connectivity index is 2.18. The second-order valence-corrected chi connectivity index (χ2v) is 5.29. The minimum absolute atomic E-state index is 0.0172. The van der Waals surface area contributed by atoms with E-state index in [1.165, 1.54) is 0 Å². The molecule has 0 saturated carbocycles. The Bertz CT molecular complexity index is 507. The maximum absolute atomic E-state index is 12.1. The number of carbonyl (C=O) groups is 2. The van der Waals surface area contributed by atoms with E-state index >= 15 is 0 Å². The van der Waals surface area contributed by atoms with Crippen molar-refractivity contribution in [2.45, 2.75) is 39.2 Å². The van der Waals surface area contributed by atoms with Crippen molar-refractivity contribution in [2.75, 3.05) is 5.32 Å². The lowest BCUT2D eigenvalue weighted by atomic mass is 10.0. The molecular formula is C14H18N2O2. The summed E-state index contributed by atoms with van der Waals surface area (Å²) in [6.07, 6.45) is 1.22. The van der Waals surface area contributed by atoms with Crippen molar-refractivity contribution in [3.05, 3.63) is 29.3 Å². The summed E-state index contributed by atoms with van der Waals surface area (Å²) < 4.78 is 0. The summed E-state index contributed by atoms with van der Waals surface area (Å²) in [5, 5.41) is 5.73. The van der Waals surface area contributed by atoms with Crippen LogP contribution in [0.25, 0.3) is 0 Å². The Morgan fingerprint density at radius 2 is 2.17 bits per heavy atom. The molecule has 0 saturated heterocycles. The molecule has 96 valence electrons. The zero-order valence-electron chi connectivity index (χ0n) is 11.0. The number of amides is 2. The van der Waals surface area contributed by atoms with E-state index in [4.69, 9.17) is 0 Å². The van der Waals surface area contributed by atoms with Gasteiger partial charge in [0.05, 0.1) is 6.42 Å². The third kappa shape index (κ3) is 2.53. The average molecular weight is 246 g/mol. The predicted molar refractivity (Wildman–Crippen MR) is 70.6 cm³/mol. The molecule has 0 atom stereocenters. The predicted octanol–water partition coefficient (Wildman–Crippen LogP) is 2.10. The molecule has 2 rings (SSSR count). The van der Waals surface area contributed by atoms with Crippen LogP contribution in [0.1, 0.15) is 43.1 Å². The van der Waals surface area contributed by atoms with Crippen LogP contribution in [0.4, 0.5) is 5.69 Å². The first-order chi connectivity index (χ1) is 8.41. The Hall–Kier alpha value is -1.84. The molecule has 0 aliphatic carbocycles. The number of hydrogen-bond acceptors (Lipinski definition) is 2. The first kappa shape index (κ1) is 12.6. The molecule has 1 heterocycles. The zero-order valence-corrected chi connectivity index (χ0v) is 11.0. The number of carbonyl (C=O) groups excluding carboxylic acids is 2. The monoisotopic (exact) mass is 246 g/mol. The second-order valence-electron chi connectivity index (χ2n) is 5.29. The largest absolute Gasteiger partial charge is 0.347 e. The van der Waals surface area contributed by atoms with Gasteiger partial charge in [-0.15, -0.1) is 0 Å². The van der Waals surface area contributed by atoms with E-state index in [-0.39, 0.29) is 17.4 Å². The Morgan fingerprint density at radius 1 is 1.44 bits per heavy atom. The zero-order chi connectivity index (χ0) is 13.3. The van der Waals surface area contributed by atoms with Gasteiger partial charge in [-0.05, 0) is 44.0 Å². The summed E-state index contributed by atoms with van der Waals surface area (Å²) in [7, 11) is 0. The highest BCUT2D eigenvalue weighted by Crippen LogP contribution is 2.24. The van der Waals surface area contributed by atoms with Crippen molar-refractivity contribution in [3.8, 4) is 0 Å². The molecule has 1 aromatic carbocycles. The van der Waals surface area contributed by atoms with Gasteiger partial charge in [-0.25, -0.2) is 0 Å². The molecule has 1 aliphatic heterocycles. The van der Waals surface area contributed by atoms with Gasteiger partial charge >= 0.3 is 0 Å². The average Bonchev–Trinajstić information content (AvgIpc) is 2.67. The third-order valence-electron chi connectivity index (χ3n) is 3.33. The van der Waals surface area contributed by atoms with E-state index in [0.29, 0.717) is 12.0 Å². The quantitative estimate of drug-likeness (QED) is 0.858. The van der Waals surface area contributed by atoms with Gasteiger partial charge in [0.25, 0.3) is 5.91 Å². The SMILES string of the molecule is CCC(C)(C)NC(=O)c1ccc2c(c1)CC(=O)N2. The highest BCUT2D eigenvalue weighted by Gasteiger charge is 2.22. The summed E-state index contributed by atoms with van der Waals surface area (Å²) >= 11 is 0. The van der Waals surface area contributed by atoms with E-state index in [1.54, 1.807) is 18.2 Å². The van der Waals surface area contributed by atoms with Crippen LogP contribution in [0.2, 0.25) is 0 Å². The van der Waals surface area contributed by atoms with Crippen molar-refractivity contribution in [3.63, 3.8) is 0 Å². The van der Waals surface area contributed by atoms with Crippen molar-refractivity contribution < 1.29 is 9.59 Å². The van der Waals surface area contributed by atoms with Crippen molar-refractivity contribution in [1.29, 1.82) is 0 Å². The molecule has 0 bridgehead atoms. The molecule has 4 heteroatoms. The summed E-state index contributed by atoms with van der Waals surface area (Å²) in [6, 6.07) is 5.31. The number of anilines is 1. The molecule has 18 heavy (non-hydrogen) atoms. The minimum atomic E-state index is -0.218. The molecule has 4 nitrogen and oxygen atoms in total. The fraction of sp³-hybridized carbons (Fsp3) is 0.429. The third-order valence-corrected chi connectivity index (χ3v) is 3.33. The number of nitrogens with one attached hydrogen (secondary N) is 2. The van der Waals surface area contributed by atoms with Gasteiger partial charge in [-0.1, -0.05) is 6.92 Å². The lowest BCUT2D eigenvalue weighted by Gasteiger charge is -2.24. The molecule has 0 unspecified atom stereocenters. The molecule has 0 aromatic heterocycles. The summed E-state index contributed by atoms with van der Waals surface area (Å²) in [6.45, 7) is 6.01. The molecule has 1 aliphatic rings. The fourth-order valence-electron chi connectivity index (χ4n) is 1.84. The Kier molecular flexibility index (Phi) is 3.11. The van der Waals surface area contributed by atoms with Crippen molar-refractivity contribution >= 4 is 17.5 Å². The van der Waals surface area contributed by atoms with Gasteiger partial charge < -0.3 is 10.6 Å². The van der Waals surface area contributed by atoms with Crippen molar-refractivity contribution in [2.24, 2.45) is 0 Å². The van der Waals surface area contributed by atoms with Crippen molar-refractivity contribution in [1.82, 2.24) is 5.32 Å². The first-order valence-electron chi connectivity index (χ1n) is 6.16. The number of hydrogen-bond donors (Lipinski definition) is 2. The van der Waals surface area contributed by atoms with Gasteiger partial charge in [-0.2, -0.15) is 0 Å². The molecule has 0 fully saturated rings. The van der Waals surface area contributed by atoms with Gasteiger partial charge in [0.15, 0.2) is 0 Å². The summed E-state index contributed by atoms with van der Waals surface area (Å²) in [5.74, 6) is -0.111. The lowest BCUT2D eigenvalue weighted by molar-refractivity contribution is -0.115. The summed E-state index contributed by atoms with van der Waals surface area (Å²) in [4.78, 5) is 23.3. The van der Waals surface area contributed by atoms with Crippen LogP contribution in [0.15, 0.2) is 18.2 Å². The number of fused-ring (bicyclic) bond motifs is 1. The summed E-state index contributed by atoms with van der Waals surface area (Å²) in [5.41, 5.74) is 2.09. The van der Waals surface area contributed by atoms with E-state index in [2.05, 4.69) is 10.6 Å². The molecule has 2 amide bonds. The number of rotatable bonds is 3. The van der Waals surface area contributed by atoms with Crippen LogP contribution >= 0.6 is 0 Å². The van der Waals surface area contributed by atoms with E-state index in [1.807, 2.05) is 20.8 Å². The Morgan fingerprint density at radius 3 is 2.83 bits per heavy atom. The number of benzene rings is 1. The van der Waals surface area contributed by atoms with E-state index in [9.17, 15) is 9.59 Å². The van der Waals surface area contributed by atoms with Crippen LogP contribution in [0.3, 0.4) is 0 Å². The van der Waals surface area contributed by atoms with Gasteiger partial charge in [0.2, 0.25) is 5.91 Å². The molecular weight excluding hydrogens is 228 g/mol. The van der Waals surface area contributed by atoms with E-state index < -0.39 is 0 Å². The lowest BCUT2D eigenvalue weighted by Crippen LogP contribution is -2.42. The standard InChI is InChI=1S/C14H18N2O2/c1-4-14(2,3)16-13(18)9-5-6-11-10(7-9)8-12(17)15-11/h5-7H,4,8H2,1-3H3,(H,15,17)(H,16,18). The van der Waals surface area contributed by atoms with Gasteiger partial charge in [0.1, 0.15) is 0 Å². The van der Waals surface area contributed by atoms with Gasteiger partial charge in [-0.3, -0.25) is 9.59 Å². The van der Waals surface area contributed by atoms with Crippen LogP contribution in [-0.4, -0.2) is 17.4 Å². The maximum atomic E-state index is 12.1. The van der Waals surface area contributed by atoms with Crippen LogP contribution < -0.4 is 10.6 Å². The van der Waals surface area contributed by atoms with E-state index in [0.717, 1.165) is 17.7 Å². The Labute approximate surface area is 107 Å². The highest BCUT2D eigenvalue weighted by atomic mass is 16.2. The molecule has 0 radical (unpaired) electrons. The molecule has 2 N–H and O–H groups in total. The molecule has 0 spiro atoms. The fourth-order valence-corrected chi connectivity index (χ4v) is 1.84. The van der Waals surface area contributed by atoms with Gasteiger partial charge in [0, 0.05) is 16.8 Å². The van der Waals surface area contributed by atoms with Crippen LogP contribution in [-0.2, 0) is 11.2 Å². The highest BCUT2D eigenvalue weighted by molar-refractivity contribution is 6.01. The molecule has 1 aromatic rings. The minimum Gasteiger partial charge on any atom is -0.347 e.